The van der Waals surface area contributed by atoms with Crippen LogP contribution >= 0.6 is 0 Å². The van der Waals surface area contributed by atoms with Gasteiger partial charge in [-0.05, 0) is 19.1 Å². The first kappa shape index (κ1) is 7.77. The Kier molecular flexibility index (Phi) is 1.93. The van der Waals surface area contributed by atoms with E-state index in [9.17, 15) is 0 Å². The summed E-state index contributed by atoms with van der Waals surface area (Å²) in [6.45, 7) is 1.88. The maximum Gasteiger partial charge on any atom is 0.308 e. The molecule has 0 aromatic heterocycles. The zero-order valence-corrected chi connectivity index (χ0v) is 6.46. The molecule has 2 heteroatoms. The standard InChI is InChI=1S/C9H10N2/c1-9(11)5-3-2-4-8(6-9)7-10/h2-6H,11H2,1H3/p+1/t9-/m0/s1. The maximum absolute atomic E-state index is 6.92. The first-order valence-electron chi connectivity index (χ1n) is 3.44. The van der Waals surface area contributed by atoms with Gasteiger partial charge in [0.25, 0.3) is 0 Å². The molecule has 0 bridgehead atoms. The van der Waals surface area contributed by atoms with Crippen molar-refractivity contribution in [3.63, 3.8) is 0 Å². The topological polar surface area (TPSA) is 49.8 Å². The Labute approximate surface area is 66.3 Å². The van der Waals surface area contributed by atoms with E-state index in [4.69, 9.17) is 11.0 Å². The summed E-state index contributed by atoms with van der Waals surface area (Å²) in [6, 6.07) is 2.30. The quantitative estimate of drug-likeness (QED) is 0.478. The normalized spacial score (nSPS) is 29.0. The number of allylic oxidation sites excluding steroid dienone is 4. The molecule has 0 radical (unpaired) electrons. The van der Waals surface area contributed by atoms with Crippen molar-refractivity contribution in [3.8, 4) is 6.07 Å². The van der Waals surface area contributed by atoms with Gasteiger partial charge in [-0.1, -0.05) is 23.5 Å². The molecular formula is C9H11N2+. The fraction of sp³-hybridized carbons (Fsp3) is 0.222. The van der Waals surface area contributed by atoms with Gasteiger partial charge in [-0.3, -0.25) is 0 Å². The molecule has 0 spiro atoms. The highest BCUT2D eigenvalue weighted by molar-refractivity contribution is 5.41. The molecular weight excluding hydrogens is 136 g/mol. The van der Waals surface area contributed by atoms with E-state index in [-0.39, 0.29) is 0 Å². The lowest BCUT2D eigenvalue weighted by atomic mass is 10.0. The van der Waals surface area contributed by atoms with Gasteiger partial charge in [-0.2, -0.15) is 0 Å². The summed E-state index contributed by atoms with van der Waals surface area (Å²) < 4.78 is 0. The van der Waals surface area contributed by atoms with E-state index in [0.717, 1.165) is 5.57 Å². The molecule has 0 aliphatic heterocycles. The Hall–Kier alpha value is -1.33. The molecule has 1 atom stereocenters. The van der Waals surface area contributed by atoms with E-state index in [1.807, 2.05) is 31.2 Å². The highest BCUT2D eigenvalue weighted by atomic mass is 14.7. The summed E-state index contributed by atoms with van der Waals surface area (Å²) in [5.74, 6) is 0. The van der Waals surface area contributed by atoms with Gasteiger partial charge >= 0.3 is 6.07 Å². The summed E-state index contributed by atoms with van der Waals surface area (Å²) in [5.41, 5.74) is 6.09. The molecule has 0 amide bonds. The fourth-order valence-electron chi connectivity index (χ4n) is 0.931. The molecule has 56 valence electrons. The molecule has 0 saturated carbocycles. The number of hydrogen-bond donors (Lipinski definition) is 2. The van der Waals surface area contributed by atoms with Gasteiger partial charge in [-0.15, -0.1) is 0 Å². The third-order valence-corrected chi connectivity index (χ3v) is 1.45. The van der Waals surface area contributed by atoms with Gasteiger partial charge in [0.05, 0.1) is 11.1 Å². The number of nitrogens with one attached hydrogen (secondary N) is 1. The molecule has 0 aromatic carbocycles. The predicted molar refractivity (Wildman–Crippen MR) is 43.8 cm³/mol. The molecule has 11 heavy (non-hydrogen) atoms. The lowest BCUT2D eigenvalue weighted by Crippen LogP contribution is -2.31. The van der Waals surface area contributed by atoms with Gasteiger partial charge in [0.1, 0.15) is 0 Å². The minimum Gasteiger partial charge on any atom is -0.319 e. The van der Waals surface area contributed by atoms with E-state index < -0.39 is 5.54 Å². The third-order valence-electron chi connectivity index (χ3n) is 1.45. The minimum atomic E-state index is -0.452. The van der Waals surface area contributed by atoms with Crippen molar-refractivity contribution in [3.05, 3.63) is 36.0 Å². The molecule has 0 fully saturated rings. The van der Waals surface area contributed by atoms with Crippen LogP contribution in [0.3, 0.4) is 0 Å². The molecule has 2 nitrogen and oxygen atoms in total. The Balaban J connectivity index is 3.02. The minimum absolute atomic E-state index is 0.452. The zero-order chi connectivity index (χ0) is 8.32. The van der Waals surface area contributed by atoms with Crippen LogP contribution in [0.4, 0.5) is 0 Å². The van der Waals surface area contributed by atoms with Crippen molar-refractivity contribution in [1.82, 2.24) is 0 Å². The average molecular weight is 147 g/mol. The van der Waals surface area contributed by atoms with Crippen LogP contribution in [0.5, 0.6) is 0 Å². The molecule has 0 saturated heterocycles. The highest BCUT2D eigenvalue weighted by Crippen LogP contribution is 2.11. The Bertz CT molecular complexity index is 274. The van der Waals surface area contributed by atoms with Gasteiger partial charge in [0.15, 0.2) is 0 Å². The SMILES string of the molecule is C[C@]1(N)C=CC=CC(C#[NH+])=C1. The zero-order valence-electron chi connectivity index (χ0n) is 6.46. The second-order valence-electron chi connectivity index (χ2n) is 2.81. The van der Waals surface area contributed by atoms with E-state index in [2.05, 4.69) is 6.07 Å². The number of nitrogens with two attached hydrogens (primary N) is 1. The van der Waals surface area contributed by atoms with Crippen molar-refractivity contribution in [2.45, 2.75) is 12.5 Å². The van der Waals surface area contributed by atoms with Crippen LogP contribution in [0, 0.1) is 6.07 Å². The summed E-state index contributed by atoms with van der Waals surface area (Å²) in [6.07, 6.45) is 9.22. The Morgan fingerprint density at radius 3 is 2.91 bits per heavy atom. The van der Waals surface area contributed by atoms with Gasteiger partial charge in [0, 0.05) is 0 Å². The Morgan fingerprint density at radius 2 is 2.27 bits per heavy atom. The predicted octanol–water partition coefficient (Wildman–Crippen LogP) is -0.471. The van der Waals surface area contributed by atoms with E-state index in [0.29, 0.717) is 0 Å². The maximum atomic E-state index is 6.92. The van der Waals surface area contributed by atoms with Crippen molar-refractivity contribution in [2.75, 3.05) is 0 Å². The van der Waals surface area contributed by atoms with Gasteiger partial charge < -0.3 is 5.73 Å². The molecule has 1 rings (SSSR count). The molecule has 3 N–H and O–H groups in total. The summed E-state index contributed by atoms with van der Waals surface area (Å²) in [5, 5.41) is 6.92. The monoisotopic (exact) mass is 147 g/mol. The third kappa shape index (κ3) is 2.06. The molecule has 1 aliphatic rings. The smallest absolute Gasteiger partial charge is 0.308 e. The van der Waals surface area contributed by atoms with Gasteiger partial charge in [-0.25, -0.2) is 0 Å². The van der Waals surface area contributed by atoms with Crippen molar-refractivity contribution < 1.29 is 5.26 Å². The van der Waals surface area contributed by atoms with E-state index in [1.165, 1.54) is 0 Å². The van der Waals surface area contributed by atoms with Crippen molar-refractivity contribution in [2.24, 2.45) is 5.73 Å². The van der Waals surface area contributed by atoms with Crippen LogP contribution in [-0.2, 0) is 0 Å². The number of rotatable bonds is 0. The van der Waals surface area contributed by atoms with Crippen LogP contribution < -0.4 is 11.0 Å². The van der Waals surface area contributed by atoms with E-state index in [1.54, 1.807) is 6.08 Å². The largest absolute Gasteiger partial charge is 0.319 e. The second kappa shape index (κ2) is 2.73. The first-order valence-corrected chi connectivity index (χ1v) is 3.44. The lowest BCUT2D eigenvalue weighted by molar-refractivity contribution is -0.0910. The van der Waals surface area contributed by atoms with Crippen molar-refractivity contribution in [1.29, 1.82) is 0 Å². The van der Waals surface area contributed by atoms with Crippen LogP contribution in [0.15, 0.2) is 36.0 Å². The van der Waals surface area contributed by atoms with E-state index >= 15 is 0 Å². The first-order chi connectivity index (χ1) is 5.14. The summed E-state index contributed by atoms with van der Waals surface area (Å²) >= 11 is 0. The highest BCUT2D eigenvalue weighted by Gasteiger charge is 2.13. The fourth-order valence-corrected chi connectivity index (χ4v) is 0.931. The molecule has 0 unspecified atom stereocenters. The second-order valence-corrected chi connectivity index (χ2v) is 2.81. The molecule has 1 aliphatic carbocycles. The Morgan fingerprint density at radius 1 is 1.55 bits per heavy atom. The van der Waals surface area contributed by atoms with Gasteiger partial charge in [0.2, 0.25) is 0 Å². The molecule has 0 heterocycles. The summed E-state index contributed by atoms with van der Waals surface area (Å²) in [4.78, 5) is 0. The lowest BCUT2D eigenvalue weighted by Gasteiger charge is -2.12. The van der Waals surface area contributed by atoms with Crippen LogP contribution in [-0.4, -0.2) is 5.54 Å². The summed E-state index contributed by atoms with van der Waals surface area (Å²) in [7, 11) is 0. The van der Waals surface area contributed by atoms with Crippen LogP contribution in [0.25, 0.3) is 0 Å². The average Bonchev–Trinajstić information content (AvgIpc) is 2.10. The number of hydrogen-bond acceptors (Lipinski definition) is 1. The van der Waals surface area contributed by atoms with Crippen LogP contribution in [0.2, 0.25) is 0 Å². The van der Waals surface area contributed by atoms with Crippen LogP contribution in [0.1, 0.15) is 6.92 Å². The van der Waals surface area contributed by atoms with Crippen molar-refractivity contribution >= 4 is 0 Å². The molecule has 0 aromatic rings.